The highest BCUT2D eigenvalue weighted by Crippen LogP contribution is 2.27. The van der Waals surface area contributed by atoms with Gasteiger partial charge in [0.2, 0.25) is 10.0 Å². The maximum absolute atomic E-state index is 13.1. The second-order valence-corrected chi connectivity index (χ2v) is 10.7. The molecule has 0 aliphatic carbocycles. The van der Waals surface area contributed by atoms with E-state index < -0.39 is 10.0 Å². The van der Waals surface area contributed by atoms with Crippen molar-refractivity contribution in [3.05, 3.63) is 53.1 Å². The Morgan fingerprint density at radius 1 is 0.906 bits per heavy atom. The number of urea groups is 1. The molecule has 0 radical (unpaired) electrons. The zero-order chi connectivity index (χ0) is 22.7. The van der Waals surface area contributed by atoms with Gasteiger partial charge in [0.1, 0.15) is 0 Å². The third kappa shape index (κ3) is 5.03. The number of carbonyl (C=O) groups is 1. The van der Waals surface area contributed by atoms with Gasteiger partial charge in [0.05, 0.1) is 4.90 Å². The average molecular weight is 477 g/mol. The Hall–Kier alpha value is -2.29. The van der Waals surface area contributed by atoms with Gasteiger partial charge >= 0.3 is 6.03 Å². The molecule has 0 bridgehead atoms. The smallest absolute Gasteiger partial charge is 0.321 e. The van der Waals surface area contributed by atoms with Crippen LogP contribution in [0.4, 0.5) is 16.2 Å². The molecule has 0 unspecified atom stereocenters. The van der Waals surface area contributed by atoms with Crippen LogP contribution < -0.4 is 10.2 Å². The van der Waals surface area contributed by atoms with Crippen LogP contribution in [0.2, 0.25) is 5.02 Å². The van der Waals surface area contributed by atoms with Crippen molar-refractivity contribution in [3.8, 4) is 0 Å². The molecule has 2 saturated heterocycles. The van der Waals surface area contributed by atoms with Crippen LogP contribution in [0, 0.1) is 6.92 Å². The van der Waals surface area contributed by atoms with Gasteiger partial charge in [0.15, 0.2) is 0 Å². The number of nitrogens with zero attached hydrogens (tertiary/aromatic N) is 3. The number of aryl methyl sites for hydroxylation is 1. The summed E-state index contributed by atoms with van der Waals surface area (Å²) >= 11 is 6.14. The third-order valence-corrected chi connectivity index (χ3v) is 8.29. The van der Waals surface area contributed by atoms with Gasteiger partial charge in [-0.05, 0) is 68.1 Å². The Balaban J connectivity index is 1.38. The number of likely N-dealkylation sites (tertiary alicyclic amines) is 1. The van der Waals surface area contributed by atoms with E-state index >= 15 is 0 Å². The second kappa shape index (κ2) is 9.68. The average Bonchev–Trinajstić information content (AvgIpc) is 2.81. The lowest BCUT2D eigenvalue weighted by atomic mass is 10.1. The molecule has 2 fully saturated rings. The van der Waals surface area contributed by atoms with Crippen LogP contribution in [0.1, 0.15) is 24.8 Å². The number of benzene rings is 2. The van der Waals surface area contributed by atoms with Crippen LogP contribution in [-0.2, 0) is 10.0 Å². The topological polar surface area (TPSA) is 73.0 Å². The standard InChI is InChI=1S/C23H29ClN4O3S/c1-18-5-6-19(24)17-22(18)26-13-15-28(16-14-26)32(30,31)21-9-7-20(8-10-21)25-23(29)27-11-3-2-4-12-27/h5-10,17H,2-4,11-16H2,1H3,(H,25,29). The van der Waals surface area contributed by atoms with E-state index in [1.807, 2.05) is 25.1 Å². The van der Waals surface area contributed by atoms with Crippen LogP contribution in [-0.4, -0.2) is 62.9 Å². The monoisotopic (exact) mass is 476 g/mol. The van der Waals surface area contributed by atoms with E-state index in [2.05, 4.69) is 10.2 Å². The summed E-state index contributed by atoms with van der Waals surface area (Å²) in [6.07, 6.45) is 3.20. The van der Waals surface area contributed by atoms with Gasteiger partial charge in [-0.2, -0.15) is 4.31 Å². The van der Waals surface area contributed by atoms with Crippen molar-refractivity contribution in [3.63, 3.8) is 0 Å². The molecule has 4 rings (SSSR count). The lowest BCUT2D eigenvalue weighted by Crippen LogP contribution is -2.48. The van der Waals surface area contributed by atoms with Gasteiger partial charge in [0.25, 0.3) is 0 Å². The highest BCUT2D eigenvalue weighted by Gasteiger charge is 2.29. The fraction of sp³-hybridized carbons (Fsp3) is 0.435. The minimum atomic E-state index is -3.59. The SMILES string of the molecule is Cc1ccc(Cl)cc1N1CCN(S(=O)(=O)c2ccc(NC(=O)N3CCCCC3)cc2)CC1. The van der Waals surface area contributed by atoms with Crippen molar-refractivity contribution < 1.29 is 13.2 Å². The summed E-state index contributed by atoms with van der Waals surface area (Å²) in [6, 6.07) is 12.1. The molecular formula is C23H29ClN4O3S. The Morgan fingerprint density at radius 2 is 1.56 bits per heavy atom. The predicted octanol–water partition coefficient (Wildman–Crippen LogP) is 4.18. The molecule has 32 heavy (non-hydrogen) atoms. The summed E-state index contributed by atoms with van der Waals surface area (Å²) in [6.45, 7) is 5.57. The molecule has 0 aromatic heterocycles. The summed E-state index contributed by atoms with van der Waals surface area (Å²) < 4.78 is 27.8. The Morgan fingerprint density at radius 3 is 2.22 bits per heavy atom. The summed E-state index contributed by atoms with van der Waals surface area (Å²) in [5.74, 6) is 0. The van der Waals surface area contributed by atoms with E-state index in [1.54, 1.807) is 29.2 Å². The zero-order valence-electron chi connectivity index (χ0n) is 18.3. The van der Waals surface area contributed by atoms with Crippen LogP contribution >= 0.6 is 11.6 Å². The van der Waals surface area contributed by atoms with E-state index in [0.29, 0.717) is 36.9 Å². The molecule has 172 valence electrons. The van der Waals surface area contributed by atoms with Crippen molar-refractivity contribution >= 4 is 39.0 Å². The fourth-order valence-electron chi connectivity index (χ4n) is 4.25. The first-order chi connectivity index (χ1) is 15.3. The van der Waals surface area contributed by atoms with E-state index in [0.717, 1.165) is 43.6 Å². The number of amides is 2. The van der Waals surface area contributed by atoms with Gasteiger partial charge in [-0.3, -0.25) is 0 Å². The van der Waals surface area contributed by atoms with Crippen LogP contribution in [0.15, 0.2) is 47.4 Å². The van der Waals surface area contributed by atoms with E-state index in [4.69, 9.17) is 11.6 Å². The van der Waals surface area contributed by atoms with E-state index in [9.17, 15) is 13.2 Å². The molecule has 2 aliphatic rings. The molecule has 2 aromatic rings. The Labute approximate surface area is 195 Å². The number of hydrogen-bond acceptors (Lipinski definition) is 4. The summed E-state index contributed by atoms with van der Waals surface area (Å²) in [5, 5.41) is 3.54. The maximum atomic E-state index is 13.1. The zero-order valence-corrected chi connectivity index (χ0v) is 19.8. The first-order valence-corrected chi connectivity index (χ1v) is 12.8. The number of nitrogens with one attached hydrogen (secondary N) is 1. The van der Waals surface area contributed by atoms with Crippen molar-refractivity contribution in [1.82, 2.24) is 9.21 Å². The van der Waals surface area contributed by atoms with Crippen LogP contribution in [0.25, 0.3) is 0 Å². The van der Waals surface area contributed by atoms with Crippen molar-refractivity contribution in [2.45, 2.75) is 31.1 Å². The first kappa shape index (κ1) is 22.9. The predicted molar refractivity (Wildman–Crippen MR) is 128 cm³/mol. The molecule has 2 aliphatic heterocycles. The largest absolute Gasteiger partial charge is 0.369 e. The normalized spacial score (nSPS) is 17.9. The fourth-order valence-corrected chi connectivity index (χ4v) is 5.84. The molecular weight excluding hydrogens is 448 g/mol. The number of halogens is 1. The van der Waals surface area contributed by atoms with Gasteiger partial charge in [-0.1, -0.05) is 17.7 Å². The van der Waals surface area contributed by atoms with Crippen molar-refractivity contribution in [2.75, 3.05) is 49.5 Å². The maximum Gasteiger partial charge on any atom is 0.321 e. The molecule has 0 saturated carbocycles. The number of hydrogen-bond donors (Lipinski definition) is 1. The number of piperazine rings is 1. The lowest BCUT2D eigenvalue weighted by Gasteiger charge is -2.36. The Bertz CT molecular complexity index is 1060. The summed E-state index contributed by atoms with van der Waals surface area (Å²) in [7, 11) is -3.59. The number of piperidine rings is 1. The molecule has 9 heteroatoms. The molecule has 2 heterocycles. The van der Waals surface area contributed by atoms with Gasteiger partial charge in [-0.15, -0.1) is 0 Å². The van der Waals surface area contributed by atoms with Crippen molar-refractivity contribution in [1.29, 1.82) is 0 Å². The van der Waals surface area contributed by atoms with E-state index in [1.165, 1.54) is 4.31 Å². The number of rotatable bonds is 4. The summed E-state index contributed by atoms with van der Waals surface area (Å²) in [4.78, 5) is 16.6. The minimum absolute atomic E-state index is 0.132. The van der Waals surface area contributed by atoms with Gasteiger partial charge in [0, 0.05) is 55.7 Å². The summed E-state index contributed by atoms with van der Waals surface area (Å²) in [5.41, 5.74) is 2.76. The number of carbonyl (C=O) groups excluding carboxylic acids is 1. The van der Waals surface area contributed by atoms with Crippen molar-refractivity contribution in [2.24, 2.45) is 0 Å². The number of sulfonamides is 1. The molecule has 0 spiro atoms. The molecule has 7 nitrogen and oxygen atoms in total. The highest BCUT2D eigenvalue weighted by molar-refractivity contribution is 7.89. The molecule has 0 atom stereocenters. The first-order valence-electron chi connectivity index (χ1n) is 11.0. The van der Waals surface area contributed by atoms with Gasteiger partial charge in [-0.25, -0.2) is 13.2 Å². The molecule has 2 amide bonds. The lowest BCUT2D eigenvalue weighted by molar-refractivity contribution is 0.200. The quantitative estimate of drug-likeness (QED) is 0.718. The van der Waals surface area contributed by atoms with Crippen LogP contribution in [0.5, 0.6) is 0 Å². The third-order valence-electron chi connectivity index (χ3n) is 6.14. The minimum Gasteiger partial charge on any atom is -0.369 e. The highest BCUT2D eigenvalue weighted by atomic mass is 35.5. The second-order valence-electron chi connectivity index (χ2n) is 8.32. The molecule has 2 aromatic carbocycles. The number of anilines is 2. The van der Waals surface area contributed by atoms with E-state index in [-0.39, 0.29) is 10.9 Å². The van der Waals surface area contributed by atoms with Gasteiger partial charge < -0.3 is 15.1 Å². The Kier molecular flexibility index (Phi) is 6.93. The molecule has 1 N–H and O–H groups in total. The van der Waals surface area contributed by atoms with Crippen LogP contribution in [0.3, 0.4) is 0 Å².